The summed E-state index contributed by atoms with van der Waals surface area (Å²) in [4.78, 5) is 8.91. The normalized spacial score (nSPS) is 15.1. The lowest BCUT2D eigenvalue weighted by atomic mass is 10.2. The number of nitrogens with one attached hydrogen (secondary N) is 2. The third kappa shape index (κ3) is 4.96. The summed E-state index contributed by atoms with van der Waals surface area (Å²) in [6, 6.07) is 8.89. The number of halogens is 1. The van der Waals surface area contributed by atoms with Crippen LogP contribution in [0.3, 0.4) is 0 Å². The van der Waals surface area contributed by atoms with Gasteiger partial charge in [-0.15, -0.1) is 24.0 Å². The van der Waals surface area contributed by atoms with Gasteiger partial charge in [0.2, 0.25) is 0 Å². The first kappa shape index (κ1) is 18.8. The van der Waals surface area contributed by atoms with Crippen molar-refractivity contribution in [3.63, 3.8) is 0 Å². The lowest BCUT2D eigenvalue weighted by Gasteiger charge is -2.17. The topological polar surface area (TPSA) is 54.2 Å². The molecule has 0 unspecified atom stereocenters. The molecule has 0 bridgehead atoms. The molecule has 130 valence electrons. The molecular formula is C18H26IN5. The van der Waals surface area contributed by atoms with E-state index in [9.17, 15) is 0 Å². The van der Waals surface area contributed by atoms with Crippen molar-refractivity contribution >= 4 is 29.9 Å². The van der Waals surface area contributed by atoms with Gasteiger partial charge in [-0.25, -0.2) is 9.98 Å². The van der Waals surface area contributed by atoms with Crippen LogP contribution in [0.4, 0.5) is 0 Å². The Morgan fingerprint density at radius 1 is 1.29 bits per heavy atom. The Hall–Kier alpha value is -1.57. The maximum absolute atomic E-state index is 4.78. The van der Waals surface area contributed by atoms with Crippen LogP contribution in [0, 0.1) is 0 Å². The van der Waals surface area contributed by atoms with Gasteiger partial charge < -0.3 is 15.2 Å². The summed E-state index contributed by atoms with van der Waals surface area (Å²) < 4.78 is 2.03. The third-order valence-corrected chi connectivity index (χ3v) is 4.22. The smallest absolute Gasteiger partial charge is 0.191 e. The second kappa shape index (κ2) is 9.66. The highest BCUT2D eigenvalue weighted by atomic mass is 127. The van der Waals surface area contributed by atoms with Crippen LogP contribution in [0.15, 0.2) is 48.0 Å². The number of hydrogen-bond donors (Lipinski definition) is 2. The molecule has 0 aliphatic heterocycles. The minimum absolute atomic E-state index is 0. The molecule has 0 amide bonds. The van der Waals surface area contributed by atoms with Gasteiger partial charge in [-0.2, -0.15) is 0 Å². The molecule has 0 saturated heterocycles. The number of para-hydroxylation sites is 1. The van der Waals surface area contributed by atoms with E-state index in [4.69, 9.17) is 4.99 Å². The van der Waals surface area contributed by atoms with Gasteiger partial charge in [0.15, 0.2) is 5.96 Å². The molecule has 2 N–H and O–H groups in total. The third-order valence-electron chi connectivity index (χ3n) is 4.22. The van der Waals surface area contributed by atoms with Crippen LogP contribution in [0.1, 0.15) is 38.2 Å². The molecule has 0 atom stereocenters. The number of benzene rings is 1. The van der Waals surface area contributed by atoms with Crippen LogP contribution < -0.4 is 10.6 Å². The number of imidazole rings is 1. The standard InChI is InChI=1S/C18H25N5.HI/c1-2-20-18(22-16-8-4-5-9-16)21-13-15-7-3-6-10-17(15)23-12-11-19-14-23;/h3,6-7,10-12,14,16H,2,4-5,8-9,13H2,1H3,(H2,20,21,22);1H. The quantitative estimate of drug-likeness (QED) is 0.426. The lowest BCUT2D eigenvalue weighted by Crippen LogP contribution is -2.42. The first-order chi connectivity index (χ1) is 11.4. The number of rotatable bonds is 5. The molecule has 2 aromatic rings. The number of aromatic nitrogens is 2. The molecular weight excluding hydrogens is 413 g/mol. The first-order valence-corrected chi connectivity index (χ1v) is 8.48. The lowest BCUT2D eigenvalue weighted by molar-refractivity contribution is 0.614. The predicted molar refractivity (Wildman–Crippen MR) is 109 cm³/mol. The maximum Gasteiger partial charge on any atom is 0.191 e. The number of hydrogen-bond acceptors (Lipinski definition) is 2. The van der Waals surface area contributed by atoms with E-state index in [1.165, 1.54) is 31.2 Å². The fraction of sp³-hybridized carbons (Fsp3) is 0.444. The molecule has 1 heterocycles. The van der Waals surface area contributed by atoms with Gasteiger partial charge in [0.05, 0.1) is 18.6 Å². The van der Waals surface area contributed by atoms with Crippen molar-refractivity contribution < 1.29 is 0 Å². The van der Waals surface area contributed by atoms with Crippen LogP contribution in [-0.2, 0) is 6.54 Å². The zero-order valence-corrected chi connectivity index (χ0v) is 16.4. The van der Waals surface area contributed by atoms with E-state index in [-0.39, 0.29) is 24.0 Å². The molecule has 24 heavy (non-hydrogen) atoms. The molecule has 1 aliphatic rings. The molecule has 6 heteroatoms. The van der Waals surface area contributed by atoms with Gasteiger partial charge in [0.25, 0.3) is 0 Å². The van der Waals surface area contributed by atoms with Gasteiger partial charge in [0.1, 0.15) is 0 Å². The Balaban J connectivity index is 0.00000208. The summed E-state index contributed by atoms with van der Waals surface area (Å²) in [6.45, 7) is 3.63. The first-order valence-electron chi connectivity index (χ1n) is 8.48. The molecule has 0 radical (unpaired) electrons. The van der Waals surface area contributed by atoms with Gasteiger partial charge in [0, 0.05) is 25.0 Å². The Labute approximate surface area is 161 Å². The second-order valence-electron chi connectivity index (χ2n) is 5.92. The van der Waals surface area contributed by atoms with Crippen LogP contribution in [0.25, 0.3) is 5.69 Å². The van der Waals surface area contributed by atoms with Crippen LogP contribution >= 0.6 is 24.0 Å². The number of nitrogens with zero attached hydrogens (tertiary/aromatic N) is 3. The highest BCUT2D eigenvalue weighted by Crippen LogP contribution is 2.18. The minimum Gasteiger partial charge on any atom is -0.357 e. The summed E-state index contributed by atoms with van der Waals surface area (Å²) in [6.07, 6.45) is 10.7. The fourth-order valence-electron chi connectivity index (χ4n) is 3.05. The molecule has 1 aromatic carbocycles. The highest BCUT2D eigenvalue weighted by Gasteiger charge is 2.15. The summed E-state index contributed by atoms with van der Waals surface area (Å²) >= 11 is 0. The zero-order chi connectivity index (χ0) is 15.9. The minimum atomic E-state index is 0. The summed E-state index contributed by atoms with van der Waals surface area (Å²) in [5.74, 6) is 0.917. The van der Waals surface area contributed by atoms with Crippen LogP contribution in [0.2, 0.25) is 0 Å². The Kier molecular flexibility index (Phi) is 7.55. The summed E-state index contributed by atoms with van der Waals surface area (Å²) in [5.41, 5.74) is 2.32. The zero-order valence-electron chi connectivity index (χ0n) is 14.1. The Bertz CT molecular complexity index is 633. The monoisotopic (exact) mass is 439 g/mol. The van der Waals surface area contributed by atoms with Crippen molar-refractivity contribution in [3.05, 3.63) is 48.5 Å². The van der Waals surface area contributed by atoms with E-state index in [2.05, 4.69) is 40.7 Å². The maximum atomic E-state index is 4.78. The summed E-state index contributed by atoms with van der Waals surface area (Å²) in [7, 11) is 0. The van der Waals surface area contributed by atoms with Gasteiger partial charge in [-0.3, -0.25) is 0 Å². The van der Waals surface area contributed by atoms with Crippen molar-refractivity contribution in [1.82, 2.24) is 20.2 Å². The van der Waals surface area contributed by atoms with E-state index in [1.54, 1.807) is 6.20 Å². The fourth-order valence-corrected chi connectivity index (χ4v) is 3.05. The van der Waals surface area contributed by atoms with Crippen molar-refractivity contribution in [2.45, 2.75) is 45.2 Å². The van der Waals surface area contributed by atoms with Crippen molar-refractivity contribution in [1.29, 1.82) is 0 Å². The largest absolute Gasteiger partial charge is 0.357 e. The van der Waals surface area contributed by atoms with Crippen molar-refractivity contribution in [2.24, 2.45) is 4.99 Å². The van der Waals surface area contributed by atoms with Crippen molar-refractivity contribution in [3.8, 4) is 5.69 Å². The van der Waals surface area contributed by atoms with Crippen LogP contribution in [0.5, 0.6) is 0 Å². The molecule has 1 aliphatic carbocycles. The number of guanidine groups is 1. The van der Waals surface area contributed by atoms with E-state index in [1.807, 2.05) is 23.2 Å². The average molecular weight is 439 g/mol. The van der Waals surface area contributed by atoms with E-state index < -0.39 is 0 Å². The number of aliphatic imine (C=N–C) groups is 1. The van der Waals surface area contributed by atoms with E-state index in [0.29, 0.717) is 12.6 Å². The summed E-state index contributed by atoms with van der Waals surface area (Å²) in [5, 5.41) is 6.91. The van der Waals surface area contributed by atoms with Crippen LogP contribution in [-0.4, -0.2) is 28.1 Å². The molecule has 1 aromatic heterocycles. The predicted octanol–water partition coefficient (Wildman–Crippen LogP) is 3.49. The molecule has 1 saturated carbocycles. The molecule has 0 spiro atoms. The molecule has 5 nitrogen and oxygen atoms in total. The Morgan fingerprint density at radius 2 is 2.08 bits per heavy atom. The average Bonchev–Trinajstić information content (AvgIpc) is 3.27. The van der Waals surface area contributed by atoms with Gasteiger partial charge in [-0.05, 0) is 31.4 Å². The second-order valence-corrected chi connectivity index (χ2v) is 5.92. The highest BCUT2D eigenvalue weighted by molar-refractivity contribution is 14.0. The van der Waals surface area contributed by atoms with E-state index in [0.717, 1.165) is 18.2 Å². The molecule has 3 rings (SSSR count). The van der Waals surface area contributed by atoms with E-state index >= 15 is 0 Å². The SMILES string of the molecule is CCNC(=NCc1ccccc1-n1ccnc1)NC1CCCC1.I. The van der Waals surface area contributed by atoms with Gasteiger partial charge in [-0.1, -0.05) is 31.0 Å². The molecule has 1 fully saturated rings. The Morgan fingerprint density at radius 3 is 2.79 bits per heavy atom. The van der Waals surface area contributed by atoms with Crippen molar-refractivity contribution in [2.75, 3.05) is 6.54 Å². The van der Waals surface area contributed by atoms with Gasteiger partial charge >= 0.3 is 0 Å².